The van der Waals surface area contributed by atoms with E-state index in [9.17, 15) is 30.0 Å². The Morgan fingerprint density at radius 1 is 0.753 bits per heavy atom. The summed E-state index contributed by atoms with van der Waals surface area (Å²) in [5.41, 5.74) is 0.0597. The number of rotatable bonds is 25. The van der Waals surface area contributed by atoms with Crippen molar-refractivity contribution in [1.29, 1.82) is 0 Å². The van der Waals surface area contributed by atoms with E-state index >= 15 is 0 Å². The lowest BCUT2D eigenvalue weighted by Crippen LogP contribution is -2.62. The van der Waals surface area contributed by atoms with Crippen molar-refractivity contribution in [1.82, 2.24) is 5.32 Å². The second-order valence-electron chi connectivity index (χ2n) is 21.3. The number of ether oxygens (including phenoxy) is 12. The third kappa shape index (κ3) is 17.5. The fraction of sp³-hybridized carbons (Fsp3) is 0.719. The maximum atomic E-state index is 14.3. The third-order valence-electron chi connectivity index (χ3n) is 15.4. The Kier molecular flexibility index (Phi) is 25.3. The van der Waals surface area contributed by atoms with Crippen LogP contribution in [0.25, 0.3) is 0 Å². The molecule has 436 valence electrons. The lowest BCUT2D eigenvalue weighted by molar-refractivity contribution is -0.341. The van der Waals surface area contributed by atoms with E-state index < -0.39 is 127 Å². The summed E-state index contributed by atoms with van der Waals surface area (Å²) in [7, 11) is 6.32. The van der Waals surface area contributed by atoms with Crippen LogP contribution < -0.4 is 5.32 Å². The quantitative estimate of drug-likeness (QED) is 0.0533. The van der Waals surface area contributed by atoms with Gasteiger partial charge in [0.05, 0.1) is 73.8 Å². The fourth-order valence-electron chi connectivity index (χ4n) is 10.6. The number of carbonyl (C=O) groups excluding carboxylic acids is 1. The van der Waals surface area contributed by atoms with Crippen LogP contribution in [0.5, 0.6) is 0 Å². The number of aliphatic carboxylic acids is 1. The molecule has 1 amide bonds. The summed E-state index contributed by atoms with van der Waals surface area (Å²) in [5, 5.41) is 56.8. The Hall–Kier alpha value is -3.52. The third-order valence-corrected chi connectivity index (χ3v) is 15.4. The van der Waals surface area contributed by atoms with Crippen LogP contribution in [0.15, 0.2) is 84.6 Å². The molecule has 5 saturated heterocycles. The molecule has 5 unspecified atom stereocenters. The molecule has 20 nitrogen and oxygen atoms in total. The van der Waals surface area contributed by atoms with Gasteiger partial charge in [0.15, 0.2) is 24.7 Å². The van der Waals surface area contributed by atoms with Gasteiger partial charge in [-0.3, -0.25) is 4.79 Å². The summed E-state index contributed by atoms with van der Waals surface area (Å²) in [6, 6.07) is 0. The Labute approximate surface area is 455 Å². The maximum absolute atomic E-state index is 14.3. The molecule has 0 spiro atoms. The monoisotopic (exact) mass is 1090 g/mol. The van der Waals surface area contributed by atoms with Gasteiger partial charge in [-0.15, -0.1) is 0 Å². The van der Waals surface area contributed by atoms with Crippen LogP contribution in [-0.2, 0) is 66.4 Å². The van der Waals surface area contributed by atoms with Crippen LogP contribution in [0.3, 0.4) is 0 Å². The lowest BCUT2D eigenvalue weighted by atomic mass is 9.73. The average molecular weight is 1090 g/mol. The molecule has 21 atom stereocenters. The van der Waals surface area contributed by atoms with Gasteiger partial charge >= 0.3 is 5.97 Å². The molecule has 0 saturated carbocycles. The van der Waals surface area contributed by atoms with Crippen LogP contribution in [0.1, 0.15) is 87.5 Å². The molecule has 5 aliphatic rings. The van der Waals surface area contributed by atoms with Crippen LogP contribution in [-0.4, -0.2) is 195 Å². The van der Waals surface area contributed by atoms with E-state index in [2.05, 4.69) is 5.32 Å². The van der Waals surface area contributed by atoms with Crippen molar-refractivity contribution < 1.29 is 92.0 Å². The molecule has 5 aliphatic heterocycles. The molecule has 5 heterocycles. The number of carboxylic acid groups (broad SMARTS) is 1. The molecule has 0 aromatic carbocycles. The number of allylic oxidation sites excluding steroid dienone is 9. The average Bonchev–Trinajstić information content (AvgIpc) is 3.78. The number of aliphatic hydroxyl groups is 4. The minimum atomic E-state index is -2.16. The van der Waals surface area contributed by atoms with Gasteiger partial charge < -0.3 is 87.7 Å². The first kappa shape index (κ1) is 64.3. The Balaban J connectivity index is 1.23. The molecule has 0 radical (unpaired) electrons. The summed E-state index contributed by atoms with van der Waals surface area (Å²) in [4.78, 5) is 25.0. The van der Waals surface area contributed by atoms with E-state index in [-0.39, 0.29) is 44.1 Å². The zero-order valence-electron chi connectivity index (χ0n) is 47.0. The van der Waals surface area contributed by atoms with E-state index in [1.54, 1.807) is 84.0 Å². The van der Waals surface area contributed by atoms with Crippen molar-refractivity contribution in [3.63, 3.8) is 0 Å². The predicted octanol–water partition coefficient (Wildman–Crippen LogP) is 4.74. The number of nitrogens with one attached hydrogen (secondary N) is 1. The van der Waals surface area contributed by atoms with E-state index in [1.807, 2.05) is 66.7 Å². The van der Waals surface area contributed by atoms with E-state index in [0.29, 0.717) is 19.3 Å². The maximum Gasteiger partial charge on any atom is 0.328 e. The summed E-state index contributed by atoms with van der Waals surface area (Å²) in [5.74, 6) is -5.26. The zero-order valence-corrected chi connectivity index (χ0v) is 47.0. The number of aliphatic hydroxyl groups excluding tert-OH is 3. The largest absolute Gasteiger partial charge is 0.478 e. The SMILES string of the molecule is C/C=C\C=C\[C@@H]1O[C@](O)([C@@H](CO[C@H]2C[C@H](OC)[C@H](O[C@@H]3C[C@@H](OC)[C@@H](O[C@H]4C[C@H](OC)[C@H](O)[C@H](C)O4)[C@H](C)O3)[C@H](C)O2)C(=O)NC/C=C/C=C(\C)C(OC)C(C)C2CC(O)C(/C=C/C=C/C=C/C(=O)O)O2)C[C@H](O)C1(C)C. The van der Waals surface area contributed by atoms with Gasteiger partial charge in [-0.05, 0) is 40.2 Å². The Bertz CT molecular complexity index is 2060. The van der Waals surface area contributed by atoms with Crippen molar-refractivity contribution >= 4 is 11.9 Å². The molecule has 0 aliphatic carbocycles. The molecule has 0 bridgehead atoms. The zero-order chi connectivity index (χ0) is 56.6. The van der Waals surface area contributed by atoms with Crippen molar-refractivity contribution in [2.45, 2.75) is 204 Å². The van der Waals surface area contributed by atoms with E-state index in [4.69, 9.17) is 61.9 Å². The standard InChI is InChI=1S/C57H89NO19/c1-13-14-17-24-46-56(7,8)45(60)31-57(65,77-46)38(55(64)58-26-21-20-22-33(2)52(69-12)34(3)41-27-39(59)40(74-41)23-18-15-16-19-25-47(61)62)32-70-48-29-43(67-10)53(36(5)72-48)76-50-30-44(68-11)54(37(6)73-50)75-49-28-42(66-9)51(63)35(4)71-49/h13-25,34-46,48-54,59-60,63,65H,26-32H2,1-12H3,(H,58,64)(H,61,62)/b14-13-,16-15+,21-20+,23-18+,24-17+,25-19+,33-22+/t34?,35-,36-,37-,38-,39?,40?,41?,42-,43-,44+,45-,46-,48+,49-,50+,51+,52?,53+,54-,57-/m0/s1. The summed E-state index contributed by atoms with van der Waals surface area (Å²) >= 11 is 0. The number of amides is 1. The smallest absolute Gasteiger partial charge is 0.328 e. The van der Waals surface area contributed by atoms with Gasteiger partial charge in [0.25, 0.3) is 0 Å². The van der Waals surface area contributed by atoms with Crippen molar-refractivity contribution in [2.24, 2.45) is 17.3 Å². The number of hydrogen-bond donors (Lipinski definition) is 6. The minimum absolute atomic E-state index is 0.0694. The second-order valence-corrected chi connectivity index (χ2v) is 21.3. The van der Waals surface area contributed by atoms with Crippen LogP contribution in [0.4, 0.5) is 0 Å². The van der Waals surface area contributed by atoms with Crippen molar-refractivity contribution in [3.05, 3.63) is 84.6 Å². The lowest BCUT2D eigenvalue weighted by Gasteiger charge is -2.50. The highest BCUT2D eigenvalue weighted by Crippen LogP contribution is 2.44. The van der Waals surface area contributed by atoms with Gasteiger partial charge in [0.1, 0.15) is 30.3 Å². The first-order chi connectivity index (χ1) is 36.6. The van der Waals surface area contributed by atoms with Crippen molar-refractivity contribution in [3.8, 4) is 0 Å². The molecular formula is C57H89NO19. The summed E-state index contributed by atoms with van der Waals surface area (Å²) < 4.78 is 73.9. The van der Waals surface area contributed by atoms with Gasteiger partial charge in [-0.1, -0.05) is 93.7 Å². The highest BCUT2D eigenvalue weighted by Gasteiger charge is 2.55. The number of carboxylic acids is 1. The first-order valence-corrected chi connectivity index (χ1v) is 26.9. The number of carbonyl (C=O) groups is 2. The van der Waals surface area contributed by atoms with Crippen molar-refractivity contribution in [2.75, 3.05) is 41.6 Å². The number of hydrogen-bond acceptors (Lipinski definition) is 18. The normalized spacial score (nSPS) is 38.6. The van der Waals surface area contributed by atoms with Gasteiger partial charge in [-0.25, -0.2) is 4.79 Å². The molecule has 6 N–H and O–H groups in total. The van der Waals surface area contributed by atoms with Crippen LogP contribution in [0.2, 0.25) is 0 Å². The molecule has 77 heavy (non-hydrogen) atoms. The minimum Gasteiger partial charge on any atom is -0.478 e. The molecule has 5 fully saturated rings. The number of methoxy groups -OCH3 is 4. The molecule has 0 aromatic rings. The van der Waals surface area contributed by atoms with E-state index in [0.717, 1.165) is 11.6 Å². The van der Waals surface area contributed by atoms with Gasteiger partial charge in [-0.2, -0.15) is 0 Å². The Morgan fingerprint density at radius 3 is 1.95 bits per heavy atom. The van der Waals surface area contributed by atoms with Gasteiger partial charge in [0, 0.05) is 84.5 Å². The molecular weight excluding hydrogens is 1000 g/mol. The second kappa shape index (κ2) is 30.3. The highest BCUT2D eigenvalue weighted by molar-refractivity contribution is 5.80. The predicted molar refractivity (Wildman–Crippen MR) is 283 cm³/mol. The first-order valence-electron chi connectivity index (χ1n) is 26.9. The fourth-order valence-corrected chi connectivity index (χ4v) is 10.6. The molecule has 20 heteroatoms. The highest BCUT2D eigenvalue weighted by atomic mass is 16.7. The van der Waals surface area contributed by atoms with Gasteiger partial charge in [0.2, 0.25) is 5.91 Å². The Morgan fingerprint density at radius 2 is 1.34 bits per heavy atom. The summed E-state index contributed by atoms with van der Waals surface area (Å²) in [6.07, 6.45) is 11.8. The topological polar surface area (TPSA) is 258 Å². The molecule has 5 rings (SSSR count). The van der Waals surface area contributed by atoms with E-state index in [1.165, 1.54) is 6.08 Å². The van der Waals surface area contributed by atoms with Crippen LogP contribution in [0, 0.1) is 17.3 Å². The molecule has 0 aromatic heterocycles. The van der Waals surface area contributed by atoms with Crippen LogP contribution >= 0.6 is 0 Å². The summed E-state index contributed by atoms with van der Waals surface area (Å²) in [6.45, 7) is 14.7.